The lowest BCUT2D eigenvalue weighted by Crippen LogP contribution is -1.95. The maximum absolute atomic E-state index is 8.90. The number of rotatable bonds is 2. The Kier molecular flexibility index (Phi) is 2.58. The highest BCUT2D eigenvalue weighted by Gasteiger charge is 2.05. The summed E-state index contributed by atoms with van der Waals surface area (Å²) in [5.41, 5.74) is 7.79. The summed E-state index contributed by atoms with van der Waals surface area (Å²) >= 11 is 0. The van der Waals surface area contributed by atoms with E-state index in [9.17, 15) is 0 Å². The molecule has 5 heteroatoms. The zero-order valence-electron chi connectivity index (χ0n) is 8.46. The Hall–Kier alpha value is -2.32. The molecule has 3 N–H and O–H groups in total. The van der Waals surface area contributed by atoms with Crippen LogP contribution in [0.2, 0.25) is 0 Å². The van der Waals surface area contributed by atoms with Crippen LogP contribution in [0.5, 0.6) is 0 Å². The van der Waals surface area contributed by atoms with Gasteiger partial charge in [-0.1, -0.05) is 12.1 Å². The van der Waals surface area contributed by atoms with Crippen molar-refractivity contribution in [3.05, 3.63) is 41.7 Å². The number of benzene rings is 1. The number of aromatic nitrogens is 2. The molecule has 0 atom stereocenters. The SMILES string of the molecule is N#Cc1nn(-c2ccc(CO)cc2)cc1N. The van der Waals surface area contributed by atoms with Crippen molar-refractivity contribution in [2.75, 3.05) is 5.73 Å². The minimum absolute atomic E-state index is 0.00493. The highest BCUT2D eigenvalue weighted by molar-refractivity contribution is 5.50. The molecule has 1 heterocycles. The maximum Gasteiger partial charge on any atom is 0.185 e. The van der Waals surface area contributed by atoms with Gasteiger partial charge in [-0.25, -0.2) is 4.68 Å². The van der Waals surface area contributed by atoms with Crippen molar-refractivity contribution in [2.24, 2.45) is 0 Å². The van der Waals surface area contributed by atoms with E-state index in [2.05, 4.69) is 5.10 Å². The molecule has 80 valence electrons. The number of aliphatic hydroxyl groups is 1. The quantitative estimate of drug-likeness (QED) is 0.774. The topological polar surface area (TPSA) is 87.9 Å². The summed E-state index contributed by atoms with van der Waals surface area (Å²) < 4.78 is 1.54. The Morgan fingerprint density at radius 1 is 1.38 bits per heavy atom. The number of nitrogens with zero attached hydrogens (tertiary/aromatic N) is 3. The lowest BCUT2D eigenvalue weighted by molar-refractivity contribution is 0.282. The van der Waals surface area contributed by atoms with Gasteiger partial charge in [-0.3, -0.25) is 0 Å². The first-order valence-corrected chi connectivity index (χ1v) is 4.70. The molecule has 0 saturated carbocycles. The van der Waals surface area contributed by atoms with E-state index in [1.807, 2.05) is 6.07 Å². The molecule has 0 fully saturated rings. The van der Waals surface area contributed by atoms with Crippen LogP contribution in [0, 0.1) is 11.3 Å². The summed E-state index contributed by atoms with van der Waals surface area (Å²) in [5.74, 6) is 0. The van der Waals surface area contributed by atoms with E-state index in [0.717, 1.165) is 11.3 Å². The monoisotopic (exact) mass is 214 g/mol. The van der Waals surface area contributed by atoms with E-state index in [1.54, 1.807) is 30.5 Å². The van der Waals surface area contributed by atoms with Crippen molar-refractivity contribution in [2.45, 2.75) is 6.61 Å². The highest BCUT2D eigenvalue weighted by Crippen LogP contribution is 2.14. The zero-order valence-corrected chi connectivity index (χ0v) is 8.46. The van der Waals surface area contributed by atoms with Crippen molar-refractivity contribution in [1.82, 2.24) is 9.78 Å². The van der Waals surface area contributed by atoms with E-state index in [4.69, 9.17) is 16.1 Å². The third-order valence-corrected chi connectivity index (χ3v) is 2.23. The van der Waals surface area contributed by atoms with Crippen LogP contribution >= 0.6 is 0 Å². The van der Waals surface area contributed by atoms with Crippen molar-refractivity contribution >= 4 is 5.69 Å². The van der Waals surface area contributed by atoms with Crippen LogP contribution in [-0.4, -0.2) is 14.9 Å². The third-order valence-electron chi connectivity index (χ3n) is 2.23. The molecule has 0 unspecified atom stereocenters. The zero-order chi connectivity index (χ0) is 11.5. The van der Waals surface area contributed by atoms with Crippen LogP contribution in [0.3, 0.4) is 0 Å². The first-order valence-electron chi connectivity index (χ1n) is 4.70. The van der Waals surface area contributed by atoms with Gasteiger partial charge in [0.25, 0.3) is 0 Å². The first kappa shape index (κ1) is 10.2. The fourth-order valence-electron chi connectivity index (χ4n) is 1.36. The number of aliphatic hydroxyl groups excluding tert-OH is 1. The molecular formula is C11H10N4O. The fraction of sp³-hybridized carbons (Fsp3) is 0.0909. The largest absolute Gasteiger partial charge is 0.395 e. The van der Waals surface area contributed by atoms with Crippen LogP contribution in [0.15, 0.2) is 30.5 Å². The average Bonchev–Trinajstić information content (AvgIpc) is 2.71. The van der Waals surface area contributed by atoms with Gasteiger partial charge >= 0.3 is 0 Å². The van der Waals surface area contributed by atoms with Gasteiger partial charge in [0.1, 0.15) is 6.07 Å². The predicted molar refractivity (Wildman–Crippen MR) is 58.6 cm³/mol. The van der Waals surface area contributed by atoms with Gasteiger partial charge in [-0.15, -0.1) is 0 Å². The molecular weight excluding hydrogens is 204 g/mol. The van der Waals surface area contributed by atoms with Crippen LogP contribution in [-0.2, 0) is 6.61 Å². The third kappa shape index (κ3) is 1.74. The lowest BCUT2D eigenvalue weighted by Gasteiger charge is -2.01. The Balaban J connectivity index is 2.39. The maximum atomic E-state index is 8.90. The van der Waals surface area contributed by atoms with Crippen LogP contribution in [0.25, 0.3) is 5.69 Å². The van der Waals surface area contributed by atoms with Crippen LogP contribution < -0.4 is 5.73 Å². The summed E-state index contributed by atoms with van der Waals surface area (Å²) in [6, 6.07) is 9.10. The van der Waals surface area contributed by atoms with Gasteiger partial charge < -0.3 is 10.8 Å². The standard InChI is InChI=1S/C11H10N4O/c12-5-11-10(13)6-15(14-11)9-3-1-8(7-16)2-4-9/h1-4,6,16H,7,13H2. The molecule has 0 radical (unpaired) electrons. The van der Waals surface area contributed by atoms with E-state index in [0.29, 0.717) is 5.69 Å². The molecule has 0 aliphatic heterocycles. The molecule has 0 aliphatic rings. The number of anilines is 1. The molecule has 2 rings (SSSR count). The smallest absolute Gasteiger partial charge is 0.185 e. The van der Waals surface area contributed by atoms with Crippen LogP contribution in [0.1, 0.15) is 11.3 Å². The van der Waals surface area contributed by atoms with Crippen LogP contribution in [0.4, 0.5) is 5.69 Å². The highest BCUT2D eigenvalue weighted by atomic mass is 16.3. The Bertz CT molecular complexity index is 536. The molecule has 0 aliphatic carbocycles. The molecule has 0 amide bonds. The van der Waals surface area contributed by atoms with Gasteiger partial charge in [0, 0.05) is 0 Å². The molecule has 0 saturated heterocycles. The number of nitrogen functional groups attached to an aromatic ring is 1. The minimum Gasteiger partial charge on any atom is -0.395 e. The number of hydrogen-bond donors (Lipinski definition) is 2. The van der Waals surface area contributed by atoms with Crippen molar-refractivity contribution in [3.8, 4) is 11.8 Å². The van der Waals surface area contributed by atoms with Gasteiger partial charge in [-0.2, -0.15) is 10.4 Å². The molecule has 0 spiro atoms. The molecule has 0 bridgehead atoms. The molecule has 16 heavy (non-hydrogen) atoms. The molecule has 2 aromatic rings. The van der Waals surface area contributed by atoms with E-state index >= 15 is 0 Å². The van der Waals surface area contributed by atoms with E-state index < -0.39 is 0 Å². The molecule has 5 nitrogen and oxygen atoms in total. The first-order chi connectivity index (χ1) is 7.74. The summed E-state index contributed by atoms with van der Waals surface area (Å²) in [7, 11) is 0. The fourth-order valence-corrected chi connectivity index (χ4v) is 1.36. The van der Waals surface area contributed by atoms with Gasteiger partial charge in [0.05, 0.1) is 24.2 Å². The molecule has 1 aromatic carbocycles. The number of nitrogens with two attached hydrogens (primary N) is 1. The molecule has 1 aromatic heterocycles. The summed E-state index contributed by atoms with van der Waals surface area (Å²) in [4.78, 5) is 0. The second kappa shape index (κ2) is 4.04. The van der Waals surface area contributed by atoms with Crippen molar-refractivity contribution in [3.63, 3.8) is 0 Å². The van der Waals surface area contributed by atoms with Gasteiger partial charge in [0.2, 0.25) is 0 Å². The second-order valence-electron chi connectivity index (χ2n) is 3.31. The van der Waals surface area contributed by atoms with E-state index in [-0.39, 0.29) is 12.3 Å². The predicted octanol–water partition coefficient (Wildman–Crippen LogP) is 0.818. The summed E-state index contributed by atoms with van der Waals surface area (Å²) in [6.45, 7) is 0.00493. The minimum atomic E-state index is 0.00493. The Morgan fingerprint density at radius 2 is 2.06 bits per heavy atom. The number of nitriles is 1. The Morgan fingerprint density at radius 3 is 2.56 bits per heavy atom. The van der Waals surface area contributed by atoms with Gasteiger partial charge in [-0.05, 0) is 17.7 Å². The summed E-state index contributed by atoms with van der Waals surface area (Å²) in [5, 5.41) is 21.6. The van der Waals surface area contributed by atoms with E-state index in [1.165, 1.54) is 4.68 Å². The Labute approximate surface area is 92.4 Å². The van der Waals surface area contributed by atoms with Crippen molar-refractivity contribution < 1.29 is 5.11 Å². The number of hydrogen-bond acceptors (Lipinski definition) is 4. The average molecular weight is 214 g/mol. The van der Waals surface area contributed by atoms with Crippen molar-refractivity contribution in [1.29, 1.82) is 5.26 Å². The normalized spacial score (nSPS) is 10.0. The van der Waals surface area contributed by atoms with Gasteiger partial charge in [0.15, 0.2) is 5.69 Å². The summed E-state index contributed by atoms with van der Waals surface area (Å²) in [6.07, 6.45) is 1.59. The second-order valence-corrected chi connectivity index (χ2v) is 3.31. The lowest BCUT2D eigenvalue weighted by atomic mass is 10.2.